The minimum atomic E-state index is 0.279. The summed E-state index contributed by atoms with van der Waals surface area (Å²) in [5, 5.41) is 3.83. The van der Waals surface area contributed by atoms with Gasteiger partial charge in [-0.3, -0.25) is 0 Å². The van der Waals surface area contributed by atoms with Crippen molar-refractivity contribution in [3.05, 3.63) is 36.9 Å². The number of aromatic nitrogens is 4. The summed E-state index contributed by atoms with van der Waals surface area (Å²) in [6.45, 7) is 0. The van der Waals surface area contributed by atoms with Crippen LogP contribution in [-0.2, 0) is 0 Å². The van der Waals surface area contributed by atoms with Crippen LogP contribution in [0.3, 0.4) is 0 Å². The van der Waals surface area contributed by atoms with Crippen LogP contribution in [0, 0.1) is 0 Å². The maximum Gasteiger partial charge on any atom is 0.345 e. The number of nitrogens with zero attached hydrogens (tertiary/aromatic N) is 4. The van der Waals surface area contributed by atoms with Crippen molar-refractivity contribution in [3.8, 4) is 6.01 Å². The Kier molecular flexibility index (Phi) is 1.69. The van der Waals surface area contributed by atoms with Crippen molar-refractivity contribution in [2.24, 2.45) is 0 Å². The minimum Gasteiger partial charge on any atom is -0.316 e. The zero-order valence-corrected chi connectivity index (χ0v) is 6.16. The van der Waals surface area contributed by atoms with Gasteiger partial charge in [-0.1, -0.05) is 4.85 Å². The van der Waals surface area contributed by atoms with Crippen LogP contribution in [0.1, 0.15) is 0 Å². The largest absolute Gasteiger partial charge is 0.345 e. The van der Waals surface area contributed by atoms with Gasteiger partial charge in [0.1, 0.15) is 0 Å². The van der Waals surface area contributed by atoms with Crippen LogP contribution in [-0.4, -0.2) is 19.9 Å². The van der Waals surface area contributed by atoms with Gasteiger partial charge >= 0.3 is 6.01 Å². The van der Waals surface area contributed by atoms with Crippen LogP contribution >= 0.6 is 0 Å². The average Bonchev–Trinajstić information content (AvgIpc) is 2.59. The predicted molar refractivity (Wildman–Crippen MR) is 40.3 cm³/mol. The molecule has 0 unspecified atom stereocenters. The summed E-state index contributed by atoms with van der Waals surface area (Å²) in [5.41, 5.74) is 0. The first kappa shape index (κ1) is 6.78. The van der Waals surface area contributed by atoms with Crippen molar-refractivity contribution in [3.63, 3.8) is 0 Å². The van der Waals surface area contributed by atoms with E-state index in [2.05, 4.69) is 15.1 Å². The third-order valence-electron chi connectivity index (χ3n) is 1.20. The highest BCUT2D eigenvalue weighted by molar-refractivity contribution is 4.93. The molecular formula is C7H6N4O. The third kappa shape index (κ3) is 1.39. The fourth-order valence-corrected chi connectivity index (χ4v) is 0.725. The fraction of sp³-hybridized carbons (Fsp3) is 0. The zero-order valence-electron chi connectivity index (χ0n) is 6.16. The van der Waals surface area contributed by atoms with Gasteiger partial charge in [-0.2, -0.15) is 0 Å². The molecule has 0 aliphatic heterocycles. The van der Waals surface area contributed by atoms with E-state index >= 15 is 0 Å². The Hall–Kier alpha value is -1.91. The molecule has 0 N–H and O–H groups in total. The summed E-state index contributed by atoms with van der Waals surface area (Å²) in [6, 6.07) is 3.75. The van der Waals surface area contributed by atoms with Gasteiger partial charge in [-0.05, 0) is 12.1 Å². The van der Waals surface area contributed by atoms with Crippen LogP contribution < -0.4 is 4.84 Å². The van der Waals surface area contributed by atoms with Gasteiger partial charge in [0.2, 0.25) is 0 Å². The predicted octanol–water partition coefficient (Wildman–Crippen LogP) is 0.515. The molecule has 0 radical (unpaired) electrons. The molecule has 0 spiro atoms. The molecule has 0 atom stereocenters. The quantitative estimate of drug-likeness (QED) is 0.645. The molecule has 2 heterocycles. The van der Waals surface area contributed by atoms with Gasteiger partial charge in [-0.25, -0.2) is 9.97 Å². The Morgan fingerprint density at radius 1 is 1.08 bits per heavy atom. The zero-order chi connectivity index (χ0) is 8.23. The molecule has 2 aromatic rings. The van der Waals surface area contributed by atoms with Crippen molar-refractivity contribution < 1.29 is 4.84 Å². The van der Waals surface area contributed by atoms with Crippen LogP contribution in [0.4, 0.5) is 0 Å². The highest BCUT2D eigenvalue weighted by Gasteiger charge is 1.95. The fourth-order valence-electron chi connectivity index (χ4n) is 0.725. The lowest BCUT2D eigenvalue weighted by molar-refractivity contribution is 0.161. The summed E-state index contributed by atoms with van der Waals surface area (Å²) < 4.78 is 0. The lowest BCUT2D eigenvalue weighted by Crippen LogP contribution is -2.07. The first-order chi connectivity index (χ1) is 5.95. The van der Waals surface area contributed by atoms with E-state index in [0.29, 0.717) is 0 Å². The van der Waals surface area contributed by atoms with Crippen molar-refractivity contribution in [2.75, 3.05) is 0 Å². The van der Waals surface area contributed by atoms with E-state index in [-0.39, 0.29) is 6.01 Å². The Morgan fingerprint density at radius 2 is 1.92 bits per heavy atom. The third-order valence-corrected chi connectivity index (χ3v) is 1.20. The molecule has 2 aromatic heterocycles. The molecule has 0 aliphatic carbocycles. The van der Waals surface area contributed by atoms with E-state index in [0.717, 1.165) is 0 Å². The summed E-state index contributed by atoms with van der Waals surface area (Å²) >= 11 is 0. The van der Waals surface area contributed by atoms with Crippen molar-refractivity contribution in [1.82, 2.24) is 19.9 Å². The molecule has 0 fully saturated rings. The minimum absolute atomic E-state index is 0.279. The highest BCUT2D eigenvalue weighted by atomic mass is 16.7. The standard InChI is InChI=1S/C7H6N4O/c1-3-8-7(9-4-1)12-11-6-2-5-10-11/h1-6H. The second-order valence-electron chi connectivity index (χ2n) is 2.03. The van der Waals surface area contributed by atoms with Crippen molar-refractivity contribution in [1.29, 1.82) is 0 Å². The van der Waals surface area contributed by atoms with Crippen LogP contribution in [0.25, 0.3) is 0 Å². The lowest BCUT2D eigenvalue weighted by atomic mass is 10.7. The van der Waals surface area contributed by atoms with Crippen LogP contribution in [0.2, 0.25) is 0 Å². The normalized spacial score (nSPS) is 9.67. The molecule has 0 saturated carbocycles. The topological polar surface area (TPSA) is 52.8 Å². The molecule has 0 saturated heterocycles. The highest BCUT2D eigenvalue weighted by Crippen LogP contribution is 1.97. The maximum absolute atomic E-state index is 5.10. The van der Waals surface area contributed by atoms with Crippen LogP contribution in [0.5, 0.6) is 6.01 Å². The number of hydrogen-bond donors (Lipinski definition) is 0. The van der Waals surface area contributed by atoms with E-state index in [1.165, 1.54) is 4.85 Å². The van der Waals surface area contributed by atoms with Gasteiger partial charge in [0, 0.05) is 12.4 Å². The Bertz CT molecular complexity index is 332. The number of rotatable bonds is 2. The molecule has 0 amide bonds. The Balaban J connectivity index is 2.15. The second-order valence-corrected chi connectivity index (χ2v) is 2.03. The average molecular weight is 162 g/mol. The van der Waals surface area contributed by atoms with Crippen LogP contribution in [0.15, 0.2) is 36.9 Å². The Morgan fingerprint density at radius 3 is 2.58 bits per heavy atom. The maximum atomic E-state index is 5.10. The van der Waals surface area contributed by atoms with E-state index < -0.39 is 0 Å². The monoisotopic (exact) mass is 162 g/mol. The van der Waals surface area contributed by atoms with Gasteiger partial charge in [0.25, 0.3) is 0 Å². The molecule has 0 bridgehead atoms. The summed E-state index contributed by atoms with van der Waals surface area (Å²) in [6.07, 6.45) is 6.48. The molecule has 2 rings (SSSR count). The molecule has 5 heteroatoms. The van der Waals surface area contributed by atoms with Gasteiger partial charge in [0.15, 0.2) is 0 Å². The van der Waals surface area contributed by atoms with E-state index in [4.69, 9.17) is 4.84 Å². The number of hydrogen-bond acceptors (Lipinski definition) is 4. The van der Waals surface area contributed by atoms with Gasteiger partial charge in [0.05, 0.1) is 12.4 Å². The van der Waals surface area contributed by atoms with Gasteiger partial charge in [-0.15, -0.1) is 5.10 Å². The van der Waals surface area contributed by atoms with E-state index in [9.17, 15) is 0 Å². The summed E-state index contributed by atoms with van der Waals surface area (Å²) in [7, 11) is 0. The molecule has 0 aliphatic rings. The SMILES string of the molecule is c1cnc(On2cccn2)nc1. The second kappa shape index (κ2) is 3.00. The lowest BCUT2D eigenvalue weighted by Gasteiger charge is -1.99. The van der Waals surface area contributed by atoms with E-state index in [1.54, 1.807) is 36.9 Å². The molecule has 0 aromatic carbocycles. The van der Waals surface area contributed by atoms with Crippen molar-refractivity contribution >= 4 is 0 Å². The molecule has 5 nitrogen and oxygen atoms in total. The van der Waals surface area contributed by atoms with Gasteiger partial charge < -0.3 is 4.84 Å². The molecule has 12 heavy (non-hydrogen) atoms. The summed E-state index contributed by atoms with van der Waals surface area (Å²) in [4.78, 5) is 14.1. The Labute approximate surface area is 68.6 Å². The first-order valence-electron chi connectivity index (χ1n) is 3.40. The molecule has 60 valence electrons. The smallest absolute Gasteiger partial charge is 0.316 e. The van der Waals surface area contributed by atoms with Crippen molar-refractivity contribution in [2.45, 2.75) is 0 Å². The summed E-state index contributed by atoms with van der Waals surface area (Å²) in [5.74, 6) is 0. The first-order valence-corrected chi connectivity index (χ1v) is 3.40. The molecular weight excluding hydrogens is 156 g/mol. The van der Waals surface area contributed by atoms with E-state index in [1.807, 2.05) is 0 Å².